The van der Waals surface area contributed by atoms with Crippen LogP contribution in [-0.4, -0.2) is 41.3 Å². The normalized spacial score (nSPS) is 16.8. The van der Waals surface area contributed by atoms with Gasteiger partial charge >= 0.3 is 0 Å². The largest absolute Gasteiger partial charge is 0.487 e. The van der Waals surface area contributed by atoms with Crippen LogP contribution in [0.5, 0.6) is 5.75 Å². The van der Waals surface area contributed by atoms with Crippen LogP contribution in [0.2, 0.25) is 5.02 Å². The number of ether oxygens (including phenoxy) is 2. The van der Waals surface area contributed by atoms with Crippen LogP contribution in [0, 0.1) is 12.7 Å². The van der Waals surface area contributed by atoms with E-state index in [-0.39, 0.29) is 24.1 Å². The standard InChI is InChI=1S/C26H25ClF2N4O3/c1-15-8-23(31-12-19(29)11-30)20-4-3-5-24(25(20)32-15)36-14-21-17(9-18(28)10-22(21)27)13-33-6-7-35-16(2)26(33)34/h3-5,8-12,16H,6-7,13-14,30H2,1-2H3. The Morgan fingerprint density at radius 1 is 1.39 bits per heavy atom. The van der Waals surface area contributed by atoms with E-state index in [1.165, 1.54) is 12.1 Å². The quantitative estimate of drug-likeness (QED) is 0.441. The first-order chi connectivity index (χ1) is 17.3. The molecule has 1 atom stereocenters. The van der Waals surface area contributed by atoms with E-state index in [1.54, 1.807) is 43.0 Å². The Kier molecular flexibility index (Phi) is 7.81. The van der Waals surface area contributed by atoms with Crippen LogP contribution < -0.4 is 10.5 Å². The summed E-state index contributed by atoms with van der Waals surface area (Å²) in [6.07, 6.45) is 1.29. The molecule has 1 amide bonds. The fraction of sp³-hybridized carbons (Fsp3) is 0.269. The van der Waals surface area contributed by atoms with Crippen LogP contribution in [-0.2, 0) is 22.7 Å². The number of carbonyl (C=O) groups excluding carboxylic acids is 1. The van der Waals surface area contributed by atoms with Crippen molar-refractivity contribution in [2.75, 3.05) is 13.2 Å². The molecule has 1 aliphatic rings. The van der Waals surface area contributed by atoms with Crippen LogP contribution in [0.1, 0.15) is 23.7 Å². The van der Waals surface area contributed by atoms with E-state index < -0.39 is 17.7 Å². The first-order valence-electron chi connectivity index (χ1n) is 11.3. The zero-order chi connectivity index (χ0) is 25.8. The van der Waals surface area contributed by atoms with E-state index in [9.17, 15) is 13.6 Å². The lowest BCUT2D eigenvalue weighted by Gasteiger charge is -2.31. The maximum Gasteiger partial charge on any atom is 0.251 e. The summed E-state index contributed by atoms with van der Waals surface area (Å²) in [6.45, 7) is 4.46. The Hall–Kier alpha value is -3.56. The minimum atomic E-state index is -0.670. The smallest absolute Gasteiger partial charge is 0.251 e. The molecule has 188 valence electrons. The second-order valence-corrected chi connectivity index (χ2v) is 8.74. The number of hydrogen-bond acceptors (Lipinski definition) is 6. The van der Waals surface area contributed by atoms with Crippen molar-refractivity contribution in [3.8, 4) is 5.75 Å². The molecule has 2 N–H and O–H groups in total. The molecule has 36 heavy (non-hydrogen) atoms. The number of aryl methyl sites for hydroxylation is 1. The Morgan fingerprint density at radius 2 is 2.19 bits per heavy atom. The molecule has 10 heteroatoms. The maximum atomic E-state index is 14.2. The molecular formula is C26H25ClF2N4O3. The minimum absolute atomic E-state index is 0.0143. The Morgan fingerprint density at radius 3 is 2.97 bits per heavy atom. The second-order valence-electron chi connectivity index (χ2n) is 8.33. The number of aromatic nitrogens is 1. The Labute approximate surface area is 212 Å². The summed E-state index contributed by atoms with van der Waals surface area (Å²) in [5.74, 6) is -0.894. The van der Waals surface area contributed by atoms with Crippen molar-refractivity contribution < 1.29 is 23.0 Å². The number of halogens is 3. The third-order valence-corrected chi connectivity index (χ3v) is 6.11. The molecule has 1 aliphatic heterocycles. The van der Waals surface area contributed by atoms with Gasteiger partial charge < -0.3 is 20.1 Å². The summed E-state index contributed by atoms with van der Waals surface area (Å²) in [7, 11) is 0. The number of rotatable bonds is 7. The fourth-order valence-corrected chi connectivity index (χ4v) is 4.26. The molecular weight excluding hydrogens is 490 g/mol. The van der Waals surface area contributed by atoms with Gasteiger partial charge in [-0.25, -0.2) is 13.8 Å². The molecule has 0 radical (unpaired) electrons. The predicted molar refractivity (Wildman–Crippen MR) is 135 cm³/mol. The Bertz CT molecular complexity index is 1360. The van der Waals surface area contributed by atoms with Gasteiger partial charge in [0.2, 0.25) is 0 Å². The Balaban J connectivity index is 1.65. The number of aliphatic imine (C=N–C) groups is 1. The van der Waals surface area contributed by atoms with E-state index in [4.69, 9.17) is 26.8 Å². The van der Waals surface area contributed by atoms with Crippen LogP contribution in [0.3, 0.4) is 0 Å². The summed E-state index contributed by atoms with van der Waals surface area (Å²) in [6, 6.07) is 9.60. The highest BCUT2D eigenvalue weighted by atomic mass is 35.5. The molecule has 0 bridgehead atoms. The average Bonchev–Trinajstić information content (AvgIpc) is 2.84. The number of pyridine rings is 1. The van der Waals surface area contributed by atoms with E-state index in [0.717, 1.165) is 12.4 Å². The molecule has 0 spiro atoms. The van der Waals surface area contributed by atoms with Gasteiger partial charge in [-0.3, -0.25) is 9.79 Å². The number of amides is 1. The molecule has 2 aromatic carbocycles. The third-order valence-electron chi connectivity index (χ3n) is 5.77. The van der Waals surface area contributed by atoms with Gasteiger partial charge in [0.05, 0.1) is 23.5 Å². The number of benzene rings is 2. The number of fused-ring (bicyclic) bond motifs is 1. The van der Waals surface area contributed by atoms with Crippen molar-refractivity contribution in [2.24, 2.45) is 10.7 Å². The number of morpholine rings is 1. The van der Waals surface area contributed by atoms with Crippen molar-refractivity contribution in [1.29, 1.82) is 0 Å². The van der Waals surface area contributed by atoms with Crippen molar-refractivity contribution in [3.05, 3.63) is 76.1 Å². The zero-order valence-corrected chi connectivity index (χ0v) is 20.6. The van der Waals surface area contributed by atoms with E-state index >= 15 is 0 Å². The monoisotopic (exact) mass is 514 g/mol. The topological polar surface area (TPSA) is 90.0 Å². The van der Waals surface area contributed by atoms with Crippen LogP contribution in [0.25, 0.3) is 10.9 Å². The average molecular weight is 515 g/mol. The van der Waals surface area contributed by atoms with Gasteiger partial charge in [0.1, 0.15) is 29.8 Å². The summed E-state index contributed by atoms with van der Waals surface area (Å²) >= 11 is 6.40. The number of para-hydroxylation sites is 1. The second kappa shape index (κ2) is 11.0. The van der Waals surface area contributed by atoms with Gasteiger partial charge in [-0.2, -0.15) is 0 Å². The van der Waals surface area contributed by atoms with E-state index in [0.29, 0.717) is 52.3 Å². The van der Waals surface area contributed by atoms with Crippen LogP contribution >= 0.6 is 11.6 Å². The number of allylic oxidation sites excluding steroid dienone is 1. The lowest BCUT2D eigenvalue weighted by Crippen LogP contribution is -2.46. The van der Waals surface area contributed by atoms with Gasteiger partial charge in [0.25, 0.3) is 5.91 Å². The first kappa shape index (κ1) is 25.5. The van der Waals surface area contributed by atoms with Crippen molar-refractivity contribution in [2.45, 2.75) is 33.1 Å². The highest BCUT2D eigenvalue weighted by Gasteiger charge is 2.27. The summed E-state index contributed by atoms with van der Waals surface area (Å²) in [4.78, 5) is 22.9. The van der Waals surface area contributed by atoms with E-state index in [1.807, 2.05) is 0 Å². The molecule has 4 rings (SSSR count). The molecule has 1 unspecified atom stereocenters. The summed E-state index contributed by atoms with van der Waals surface area (Å²) in [5, 5.41) is 0.843. The number of nitrogens with two attached hydrogens (primary N) is 1. The molecule has 0 aliphatic carbocycles. The zero-order valence-electron chi connectivity index (χ0n) is 19.8. The van der Waals surface area contributed by atoms with Crippen LogP contribution in [0.4, 0.5) is 14.5 Å². The number of hydrogen-bond donors (Lipinski definition) is 1. The van der Waals surface area contributed by atoms with E-state index in [2.05, 4.69) is 9.98 Å². The fourth-order valence-electron chi connectivity index (χ4n) is 3.98. The van der Waals surface area contributed by atoms with Gasteiger partial charge in [-0.1, -0.05) is 23.7 Å². The number of carbonyl (C=O) groups is 1. The summed E-state index contributed by atoms with van der Waals surface area (Å²) < 4.78 is 39.2. The highest BCUT2D eigenvalue weighted by Crippen LogP contribution is 2.33. The molecule has 1 fully saturated rings. The third kappa shape index (κ3) is 5.63. The van der Waals surface area contributed by atoms with Gasteiger partial charge in [0.15, 0.2) is 5.83 Å². The van der Waals surface area contributed by atoms with Crippen molar-refractivity contribution in [3.63, 3.8) is 0 Å². The predicted octanol–water partition coefficient (Wildman–Crippen LogP) is 5.13. The van der Waals surface area contributed by atoms with Crippen molar-refractivity contribution >= 4 is 40.3 Å². The lowest BCUT2D eigenvalue weighted by atomic mass is 10.1. The molecule has 7 nitrogen and oxygen atoms in total. The minimum Gasteiger partial charge on any atom is -0.487 e. The lowest BCUT2D eigenvalue weighted by molar-refractivity contribution is -0.152. The molecule has 1 aromatic heterocycles. The highest BCUT2D eigenvalue weighted by molar-refractivity contribution is 6.31. The first-order valence-corrected chi connectivity index (χ1v) is 11.7. The summed E-state index contributed by atoms with van der Waals surface area (Å²) in [5.41, 5.74) is 7.97. The molecule has 3 aromatic rings. The number of nitrogens with zero attached hydrogens (tertiary/aromatic N) is 3. The maximum absolute atomic E-state index is 14.2. The van der Waals surface area contributed by atoms with Gasteiger partial charge in [-0.05, 0) is 43.7 Å². The molecule has 2 heterocycles. The van der Waals surface area contributed by atoms with Crippen LogP contribution in [0.15, 0.2) is 53.4 Å². The van der Waals surface area contributed by atoms with Crippen molar-refractivity contribution in [1.82, 2.24) is 9.88 Å². The molecule has 0 saturated carbocycles. The van der Waals surface area contributed by atoms with Gasteiger partial charge in [0, 0.05) is 35.9 Å². The molecule has 1 saturated heterocycles. The SMILES string of the molecule is Cc1cc(N=CC(F)=CN)c2cccc(OCc3c(Cl)cc(F)cc3CN3CCOC(C)C3=O)c2n1. The van der Waals surface area contributed by atoms with Gasteiger partial charge in [-0.15, -0.1) is 0 Å².